The van der Waals surface area contributed by atoms with Gasteiger partial charge in [0.25, 0.3) is 5.91 Å². The van der Waals surface area contributed by atoms with Crippen LogP contribution in [0.4, 0.5) is 0 Å². The van der Waals surface area contributed by atoms with Gasteiger partial charge < -0.3 is 9.80 Å². The van der Waals surface area contributed by atoms with Crippen molar-refractivity contribution in [3.8, 4) is 5.69 Å². The van der Waals surface area contributed by atoms with Gasteiger partial charge in [-0.3, -0.25) is 9.59 Å². The number of carbonyl (C=O) groups excluding carboxylic acids is 2. The Hall–Kier alpha value is -2.63. The summed E-state index contributed by atoms with van der Waals surface area (Å²) in [5, 5.41) is 4.63. The molecule has 1 aromatic heterocycles. The molecule has 2 aromatic rings. The monoisotopic (exact) mass is 352 g/mol. The lowest BCUT2D eigenvalue weighted by Crippen LogP contribution is -2.47. The first-order chi connectivity index (χ1) is 12.5. The Morgan fingerprint density at radius 1 is 1.15 bits per heavy atom. The number of carbonyl (C=O) groups is 2. The van der Waals surface area contributed by atoms with Gasteiger partial charge in [0.15, 0.2) is 0 Å². The van der Waals surface area contributed by atoms with Gasteiger partial charge in [0.1, 0.15) is 5.69 Å². The van der Waals surface area contributed by atoms with Crippen LogP contribution in [0, 0.1) is 6.92 Å². The maximum Gasteiger partial charge on any atom is 0.273 e. The minimum absolute atomic E-state index is 0.0174. The summed E-state index contributed by atoms with van der Waals surface area (Å²) in [6, 6.07) is 10.00. The topological polar surface area (TPSA) is 58.4 Å². The average Bonchev–Trinajstić information content (AvgIpc) is 3.12. The molecular weight excluding hydrogens is 328 g/mol. The van der Waals surface area contributed by atoms with Gasteiger partial charge in [0.05, 0.1) is 17.4 Å². The molecule has 6 heteroatoms. The molecule has 0 radical (unpaired) electrons. The van der Waals surface area contributed by atoms with Crippen LogP contribution in [0.2, 0.25) is 0 Å². The van der Waals surface area contributed by atoms with Crippen LogP contribution in [0.5, 0.6) is 0 Å². The zero-order valence-corrected chi connectivity index (χ0v) is 15.5. The third-order valence-corrected chi connectivity index (χ3v) is 5.68. The van der Waals surface area contributed by atoms with Crippen LogP contribution in [0.25, 0.3) is 5.69 Å². The van der Waals surface area contributed by atoms with Crippen molar-refractivity contribution in [1.82, 2.24) is 19.6 Å². The van der Waals surface area contributed by atoms with E-state index in [0.29, 0.717) is 5.69 Å². The van der Waals surface area contributed by atoms with Crippen LogP contribution < -0.4 is 0 Å². The molecule has 1 saturated heterocycles. The van der Waals surface area contributed by atoms with Gasteiger partial charge in [-0.25, -0.2) is 4.68 Å². The highest BCUT2D eigenvalue weighted by Crippen LogP contribution is 2.39. The molecule has 0 spiro atoms. The van der Waals surface area contributed by atoms with E-state index < -0.39 is 0 Å². The second kappa shape index (κ2) is 6.27. The Balaban J connectivity index is 1.65. The van der Waals surface area contributed by atoms with Crippen molar-refractivity contribution in [2.24, 2.45) is 0 Å². The number of amides is 2. The Kier molecular flexibility index (Phi) is 4.05. The second-order valence-corrected chi connectivity index (χ2v) is 7.22. The third-order valence-electron chi connectivity index (χ3n) is 5.68. The molecule has 1 fully saturated rings. The molecule has 3 heterocycles. The van der Waals surface area contributed by atoms with Crippen molar-refractivity contribution in [2.45, 2.75) is 45.7 Å². The number of likely N-dealkylation sites (tertiary alicyclic amines) is 1. The van der Waals surface area contributed by atoms with Crippen molar-refractivity contribution in [3.05, 3.63) is 47.3 Å². The fourth-order valence-corrected chi connectivity index (χ4v) is 4.38. The highest BCUT2D eigenvalue weighted by atomic mass is 16.2. The summed E-state index contributed by atoms with van der Waals surface area (Å²) in [6.45, 7) is 7.11. The molecule has 2 aliphatic rings. The fourth-order valence-electron chi connectivity index (χ4n) is 4.38. The van der Waals surface area contributed by atoms with Crippen LogP contribution in [0.15, 0.2) is 30.3 Å². The summed E-state index contributed by atoms with van der Waals surface area (Å²) < 4.78 is 1.79. The number of hydrogen-bond acceptors (Lipinski definition) is 3. The van der Waals surface area contributed by atoms with E-state index in [0.717, 1.165) is 42.9 Å². The van der Waals surface area contributed by atoms with Gasteiger partial charge in [-0.05, 0) is 38.8 Å². The van der Waals surface area contributed by atoms with E-state index in [9.17, 15) is 9.59 Å². The molecule has 0 bridgehead atoms. The van der Waals surface area contributed by atoms with E-state index in [1.165, 1.54) is 0 Å². The predicted octanol–water partition coefficient (Wildman–Crippen LogP) is 2.71. The van der Waals surface area contributed by atoms with Crippen molar-refractivity contribution in [2.75, 3.05) is 13.1 Å². The summed E-state index contributed by atoms with van der Waals surface area (Å²) >= 11 is 0. The lowest BCUT2D eigenvalue weighted by Gasteiger charge is -2.38. The number of hydrogen-bond donors (Lipinski definition) is 0. The molecular formula is C20H24N4O2. The Labute approximate surface area is 153 Å². The minimum Gasteiger partial charge on any atom is -0.343 e. The number of fused-ring (bicyclic) bond motifs is 1. The highest BCUT2D eigenvalue weighted by Gasteiger charge is 2.43. The molecule has 0 saturated carbocycles. The summed E-state index contributed by atoms with van der Waals surface area (Å²) in [5.74, 6) is 0.168. The van der Waals surface area contributed by atoms with Gasteiger partial charge in [0.2, 0.25) is 5.91 Å². The van der Waals surface area contributed by atoms with Gasteiger partial charge in [-0.15, -0.1) is 0 Å². The van der Waals surface area contributed by atoms with Crippen LogP contribution in [-0.2, 0) is 4.79 Å². The highest BCUT2D eigenvalue weighted by molar-refractivity contribution is 5.98. The number of nitrogens with zero attached hydrogens (tertiary/aromatic N) is 4. The van der Waals surface area contributed by atoms with Crippen LogP contribution in [-0.4, -0.2) is 50.5 Å². The summed E-state index contributed by atoms with van der Waals surface area (Å²) in [4.78, 5) is 28.8. The molecule has 0 N–H and O–H groups in total. The third kappa shape index (κ3) is 2.52. The second-order valence-electron chi connectivity index (χ2n) is 7.22. The summed E-state index contributed by atoms with van der Waals surface area (Å²) in [6.07, 6.45) is 1.66. The SMILES string of the molecule is CC(=O)N1CCC(N2C(=O)c3c(c(C)nn3-c3ccccc3)C2C)CC1. The van der Waals surface area contributed by atoms with E-state index in [4.69, 9.17) is 0 Å². The van der Waals surface area contributed by atoms with E-state index in [2.05, 4.69) is 12.0 Å². The smallest absolute Gasteiger partial charge is 0.273 e. The van der Waals surface area contributed by atoms with Gasteiger partial charge >= 0.3 is 0 Å². The zero-order chi connectivity index (χ0) is 18.4. The molecule has 136 valence electrons. The van der Waals surface area contributed by atoms with Gasteiger partial charge in [0, 0.05) is 31.6 Å². The largest absolute Gasteiger partial charge is 0.343 e. The maximum absolute atomic E-state index is 13.3. The van der Waals surface area contributed by atoms with E-state index in [1.807, 2.05) is 47.1 Å². The molecule has 6 nitrogen and oxygen atoms in total. The van der Waals surface area contributed by atoms with Gasteiger partial charge in [-0.2, -0.15) is 5.10 Å². The van der Waals surface area contributed by atoms with Crippen LogP contribution >= 0.6 is 0 Å². The Bertz CT molecular complexity index is 850. The minimum atomic E-state index is 0.0174. The standard InChI is InChI=1S/C20H24N4O2/c1-13-18-14(2)23(16-9-11-22(12-10-16)15(3)25)20(26)19(18)24(21-13)17-7-5-4-6-8-17/h4-8,14,16H,9-12H2,1-3H3. The number of benzene rings is 1. The molecule has 2 aliphatic heterocycles. The average molecular weight is 352 g/mol. The molecule has 0 aliphatic carbocycles. The molecule has 1 aromatic carbocycles. The number of para-hydroxylation sites is 1. The van der Waals surface area contributed by atoms with E-state index >= 15 is 0 Å². The zero-order valence-electron chi connectivity index (χ0n) is 15.5. The Morgan fingerprint density at radius 3 is 2.42 bits per heavy atom. The summed E-state index contributed by atoms with van der Waals surface area (Å²) in [5.41, 5.74) is 3.54. The first kappa shape index (κ1) is 16.8. The lowest BCUT2D eigenvalue weighted by molar-refractivity contribution is -0.130. The number of rotatable bonds is 2. The predicted molar refractivity (Wildman–Crippen MR) is 98.2 cm³/mol. The van der Waals surface area contributed by atoms with Crippen molar-refractivity contribution < 1.29 is 9.59 Å². The molecule has 4 rings (SSSR count). The lowest BCUT2D eigenvalue weighted by atomic mass is 10.0. The fraction of sp³-hybridized carbons (Fsp3) is 0.450. The molecule has 1 atom stereocenters. The summed E-state index contributed by atoms with van der Waals surface area (Å²) in [7, 11) is 0. The quantitative estimate of drug-likeness (QED) is 0.835. The van der Waals surface area contributed by atoms with E-state index in [-0.39, 0.29) is 23.9 Å². The maximum atomic E-state index is 13.3. The Morgan fingerprint density at radius 2 is 1.81 bits per heavy atom. The number of aryl methyl sites for hydroxylation is 1. The number of piperidine rings is 1. The van der Waals surface area contributed by atoms with Crippen molar-refractivity contribution in [1.29, 1.82) is 0 Å². The van der Waals surface area contributed by atoms with Crippen LogP contribution in [0.3, 0.4) is 0 Å². The number of aromatic nitrogens is 2. The molecule has 2 amide bonds. The van der Waals surface area contributed by atoms with Gasteiger partial charge in [-0.1, -0.05) is 18.2 Å². The first-order valence-electron chi connectivity index (χ1n) is 9.22. The normalized spacial score (nSPS) is 20.6. The van der Waals surface area contributed by atoms with Crippen molar-refractivity contribution >= 4 is 11.8 Å². The van der Waals surface area contributed by atoms with E-state index in [1.54, 1.807) is 11.6 Å². The molecule has 26 heavy (non-hydrogen) atoms. The van der Waals surface area contributed by atoms with Crippen LogP contribution in [0.1, 0.15) is 54.5 Å². The van der Waals surface area contributed by atoms with Crippen molar-refractivity contribution in [3.63, 3.8) is 0 Å². The first-order valence-corrected chi connectivity index (χ1v) is 9.22. The molecule has 1 unspecified atom stereocenters.